The van der Waals surface area contributed by atoms with Crippen molar-refractivity contribution in [3.8, 4) is 0 Å². The SMILES string of the molecule is CN(C)c1ccc(/C=N/NC(=O)Cn2nnnc2N)cc1. The molecule has 21 heavy (non-hydrogen) atoms. The molecule has 0 spiro atoms. The van der Waals surface area contributed by atoms with Gasteiger partial charge < -0.3 is 10.6 Å². The summed E-state index contributed by atoms with van der Waals surface area (Å²) in [5.74, 6) is -0.288. The number of nitrogens with zero attached hydrogens (tertiary/aromatic N) is 6. The smallest absolute Gasteiger partial charge is 0.261 e. The van der Waals surface area contributed by atoms with Gasteiger partial charge in [-0.05, 0) is 28.1 Å². The van der Waals surface area contributed by atoms with E-state index in [1.165, 1.54) is 4.68 Å². The van der Waals surface area contributed by atoms with Crippen LogP contribution in [0.2, 0.25) is 0 Å². The van der Waals surface area contributed by atoms with Crippen molar-refractivity contribution < 1.29 is 4.79 Å². The summed E-state index contributed by atoms with van der Waals surface area (Å²) in [7, 11) is 3.93. The first-order chi connectivity index (χ1) is 10.1. The van der Waals surface area contributed by atoms with E-state index in [9.17, 15) is 4.79 Å². The zero-order chi connectivity index (χ0) is 15.2. The Labute approximate surface area is 121 Å². The number of nitrogen functional groups attached to an aromatic ring is 1. The summed E-state index contributed by atoms with van der Waals surface area (Å²) >= 11 is 0. The van der Waals surface area contributed by atoms with E-state index in [0.717, 1.165) is 11.3 Å². The van der Waals surface area contributed by atoms with Crippen molar-refractivity contribution in [2.24, 2.45) is 5.10 Å². The van der Waals surface area contributed by atoms with Crippen molar-refractivity contribution in [1.82, 2.24) is 25.6 Å². The Bertz CT molecular complexity index is 631. The number of rotatable bonds is 5. The number of hydrazone groups is 1. The Kier molecular flexibility index (Phi) is 4.44. The van der Waals surface area contributed by atoms with Gasteiger partial charge >= 0.3 is 0 Å². The van der Waals surface area contributed by atoms with Gasteiger partial charge in [0.05, 0.1) is 6.21 Å². The number of carbonyl (C=O) groups excluding carboxylic acids is 1. The van der Waals surface area contributed by atoms with E-state index in [4.69, 9.17) is 5.73 Å². The minimum atomic E-state index is -0.366. The van der Waals surface area contributed by atoms with Crippen LogP contribution in [-0.4, -0.2) is 46.4 Å². The average molecular weight is 288 g/mol. The topological polar surface area (TPSA) is 114 Å². The number of tetrazole rings is 1. The number of carbonyl (C=O) groups is 1. The molecular weight excluding hydrogens is 272 g/mol. The molecule has 0 unspecified atom stereocenters. The number of nitrogens with two attached hydrogens (primary N) is 1. The highest BCUT2D eigenvalue weighted by Gasteiger charge is 2.06. The molecule has 2 aromatic rings. The second kappa shape index (κ2) is 6.46. The van der Waals surface area contributed by atoms with Gasteiger partial charge in [0.1, 0.15) is 6.54 Å². The van der Waals surface area contributed by atoms with Gasteiger partial charge in [-0.15, -0.1) is 0 Å². The highest BCUT2D eigenvalue weighted by Crippen LogP contribution is 2.10. The van der Waals surface area contributed by atoms with Crippen LogP contribution >= 0.6 is 0 Å². The zero-order valence-corrected chi connectivity index (χ0v) is 11.8. The largest absolute Gasteiger partial charge is 0.378 e. The lowest BCUT2D eigenvalue weighted by molar-refractivity contribution is -0.121. The van der Waals surface area contributed by atoms with Gasteiger partial charge in [-0.3, -0.25) is 4.79 Å². The summed E-state index contributed by atoms with van der Waals surface area (Å²) < 4.78 is 1.18. The Balaban J connectivity index is 1.87. The molecule has 1 aromatic heterocycles. The van der Waals surface area contributed by atoms with Crippen LogP contribution in [0, 0.1) is 0 Å². The van der Waals surface area contributed by atoms with Gasteiger partial charge in [0.15, 0.2) is 0 Å². The lowest BCUT2D eigenvalue weighted by atomic mass is 10.2. The summed E-state index contributed by atoms with van der Waals surface area (Å²) in [6, 6.07) is 7.74. The van der Waals surface area contributed by atoms with Gasteiger partial charge in [-0.1, -0.05) is 17.2 Å². The van der Waals surface area contributed by atoms with Crippen LogP contribution in [0.5, 0.6) is 0 Å². The number of anilines is 2. The van der Waals surface area contributed by atoms with E-state index < -0.39 is 0 Å². The standard InChI is InChI=1S/C12H16N8O/c1-19(2)10-5-3-9(4-6-10)7-14-15-11(21)8-20-12(13)16-17-18-20/h3-7H,8H2,1-2H3,(H,15,21)(H2,13,16,18)/b14-7+. The van der Waals surface area contributed by atoms with Crippen LogP contribution in [0.4, 0.5) is 11.6 Å². The van der Waals surface area contributed by atoms with Gasteiger partial charge in [0.25, 0.3) is 5.91 Å². The molecular formula is C12H16N8O. The molecule has 9 nitrogen and oxygen atoms in total. The van der Waals surface area contributed by atoms with Crippen molar-refractivity contribution in [2.75, 3.05) is 24.7 Å². The molecule has 2 rings (SSSR count). The lowest BCUT2D eigenvalue weighted by Gasteiger charge is -2.11. The van der Waals surface area contributed by atoms with E-state index in [2.05, 4.69) is 26.1 Å². The minimum absolute atomic E-state index is 0.0772. The molecule has 9 heteroatoms. The second-order valence-corrected chi connectivity index (χ2v) is 4.47. The highest BCUT2D eigenvalue weighted by molar-refractivity contribution is 5.82. The normalized spacial score (nSPS) is 10.8. The molecule has 0 fully saturated rings. The number of amides is 1. The van der Waals surface area contributed by atoms with Gasteiger partial charge in [-0.2, -0.15) is 5.10 Å². The lowest BCUT2D eigenvalue weighted by Crippen LogP contribution is -2.24. The van der Waals surface area contributed by atoms with Crippen molar-refractivity contribution in [3.05, 3.63) is 29.8 Å². The fourth-order valence-corrected chi connectivity index (χ4v) is 1.53. The molecule has 1 aromatic carbocycles. The quantitative estimate of drug-likeness (QED) is 0.564. The summed E-state index contributed by atoms with van der Waals surface area (Å²) in [5.41, 5.74) is 9.80. The Morgan fingerprint density at radius 3 is 2.71 bits per heavy atom. The van der Waals surface area contributed by atoms with Crippen LogP contribution in [-0.2, 0) is 11.3 Å². The number of hydrogen-bond acceptors (Lipinski definition) is 7. The number of benzene rings is 1. The van der Waals surface area contributed by atoms with E-state index >= 15 is 0 Å². The molecule has 0 saturated heterocycles. The predicted octanol–water partition coefficient (Wildman–Crippen LogP) is -0.528. The molecule has 0 radical (unpaired) electrons. The summed E-state index contributed by atoms with van der Waals surface area (Å²) in [6.45, 7) is -0.0876. The summed E-state index contributed by atoms with van der Waals surface area (Å²) in [6.07, 6.45) is 1.56. The fraction of sp³-hybridized carbons (Fsp3) is 0.250. The van der Waals surface area contributed by atoms with Crippen molar-refractivity contribution in [3.63, 3.8) is 0 Å². The number of hydrogen-bond donors (Lipinski definition) is 2. The first kappa shape index (κ1) is 14.4. The van der Waals surface area contributed by atoms with Crippen molar-refractivity contribution in [2.45, 2.75) is 6.54 Å². The van der Waals surface area contributed by atoms with Crippen molar-refractivity contribution >= 4 is 23.8 Å². The maximum atomic E-state index is 11.6. The zero-order valence-electron chi connectivity index (χ0n) is 11.8. The van der Waals surface area contributed by atoms with Gasteiger partial charge in [0, 0.05) is 19.8 Å². The first-order valence-electron chi connectivity index (χ1n) is 6.17. The molecule has 0 aliphatic carbocycles. The molecule has 0 aliphatic heterocycles. The molecule has 1 amide bonds. The van der Waals surface area contributed by atoms with E-state index in [1.54, 1.807) is 6.21 Å². The van der Waals surface area contributed by atoms with Crippen LogP contribution in [0.3, 0.4) is 0 Å². The first-order valence-corrected chi connectivity index (χ1v) is 6.17. The van der Waals surface area contributed by atoms with Gasteiger partial charge in [-0.25, -0.2) is 10.1 Å². The Morgan fingerprint density at radius 1 is 1.43 bits per heavy atom. The molecule has 3 N–H and O–H groups in total. The molecule has 0 atom stereocenters. The second-order valence-electron chi connectivity index (χ2n) is 4.47. The molecule has 1 heterocycles. The third-order valence-electron chi connectivity index (χ3n) is 2.67. The Morgan fingerprint density at radius 2 is 2.14 bits per heavy atom. The van der Waals surface area contributed by atoms with Gasteiger partial charge in [0.2, 0.25) is 5.95 Å². The molecule has 0 saturated carbocycles. The van der Waals surface area contributed by atoms with Crippen LogP contribution < -0.4 is 16.1 Å². The fourth-order valence-electron chi connectivity index (χ4n) is 1.53. The van der Waals surface area contributed by atoms with E-state index in [1.807, 2.05) is 43.3 Å². The highest BCUT2D eigenvalue weighted by atomic mass is 16.2. The molecule has 110 valence electrons. The predicted molar refractivity (Wildman–Crippen MR) is 78.7 cm³/mol. The van der Waals surface area contributed by atoms with Crippen LogP contribution in [0.15, 0.2) is 29.4 Å². The monoisotopic (exact) mass is 288 g/mol. The third-order valence-corrected chi connectivity index (χ3v) is 2.67. The maximum absolute atomic E-state index is 11.6. The third kappa shape index (κ3) is 4.00. The molecule has 0 aliphatic rings. The average Bonchev–Trinajstić information content (AvgIpc) is 2.85. The molecule has 0 bridgehead atoms. The summed E-state index contributed by atoms with van der Waals surface area (Å²) in [4.78, 5) is 13.6. The van der Waals surface area contributed by atoms with Crippen LogP contribution in [0.1, 0.15) is 5.56 Å². The van der Waals surface area contributed by atoms with Crippen molar-refractivity contribution in [1.29, 1.82) is 0 Å². The minimum Gasteiger partial charge on any atom is -0.378 e. The number of nitrogens with one attached hydrogen (secondary N) is 1. The Hall–Kier alpha value is -2.97. The number of aromatic nitrogens is 4. The van der Waals surface area contributed by atoms with E-state index in [-0.39, 0.29) is 18.4 Å². The van der Waals surface area contributed by atoms with Crippen LogP contribution in [0.25, 0.3) is 0 Å². The van der Waals surface area contributed by atoms with E-state index in [0.29, 0.717) is 0 Å². The maximum Gasteiger partial charge on any atom is 0.261 e. The summed E-state index contributed by atoms with van der Waals surface area (Å²) in [5, 5.41) is 14.2.